The van der Waals surface area contributed by atoms with Crippen LogP contribution in [0, 0.1) is 0 Å². The first-order valence-electron chi connectivity index (χ1n) is 7.57. The maximum atomic E-state index is 3.61. The first kappa shape index (κ1) is 19.8. The van der Waals surface area contributed by atoms with E-state index in [4.69, 9.17) is 0 Å². The second-order valence-corrected chi connectivity index (χ2v) is 7.53. The summed E-state index contributed by atoms with van der Waals surface area (Å²) in [4.78, 5) is 7.45. The number of hydrogen-bond donors (Lipinski definition) is 2. The van der Waals surface area contributed by atoms with Crippen LogP contribution in [0.1, 0.15) is 16.5 Å². The summed E-state index contributed by atoms with van der Waals surface area (Å²) in [5.74, 6) is 0. The van der Waals surface area contributed by atoms with Gasteiger partial charge in [0.15, 0.2) is 0 Å². The summed E-state index contributed by atoms with van der Waals surface area (Å²) in [6.45, 7) is 4.30. The molecule has 0 radical (unpaired) electrons. The summed E-state index contributed by atoms with van der Waals surface area (Å²) < 4.78 is 1.13. The zero-order chi connectivity index (χ0) is 14.9. The average molecular weight is 449 g/mol. The van der Waals surface area contributed by atoms with E-state index in [-0.39, 0.29) is 24.8 Å². The van der Waals surface area contributed by atoms with Gasteiger partial charge in [0.05, 0.1) is 6.04 Å². The molecule has 1 atom stereocenters. The van der Waals surface area contributed by atoms with Crippen molar-refractivity contribution in [3.05, 3.63) is 56.8 Å². The lowest BCUT2D eigenvalue weighted by atomic mass is 10.0. The number of fused-ring (bicyclic) bond motifs is 1. The maximum absolute atomic E-state index is 3.61. The largest absolute Gasteiger partial charge is 0.361 e. The molecule has 24 heavy (non-hydrogen) atoms. The van der Waals surface area contributed by atoms with Crippen LogP contribution in [0.5, 0.6) is 0 Å². The predicted molar refractivity (Wildman–Crippen MR) is 111 cm³/mol. The highest BCUT2D eigenvalue weighted by molar-refractivity contribution is 9.10. The number of benzene rings is 1. The van der Waals surface area contributed by atoms with E-state index in [1.165, 1.54) is 21.3 Å². The van der Waals surface area contributed by atoms with E-state index in [0.717, 1.165) is 30.7 Å². The van der Waals surface area contributed by atoms with Crippen molar-refractivity contribution in [1.29, 1.82) is 0 Å². The first-order chi connectivity index (χ1) is 10.8. The summed E-state index contributed by atoms with van der Waals surface area (Å²) in [6.07, 6.45) is 2.18. The number of thiophene rings is 1. The van der Waals surface area contributed by atoms with Gasteiger partial charge in [0.2, 0.25) is 0 Å². The first-order valence-corrected chi connectivity index (χ1v) is 9.25. The van der Waals surface area contributed by atoms with Gasteiger partial charge < -0.3 is 10.3 Å². The van der Waals surface area contributed by atoms with Gasteiger partial charge in [-0.2, -0.15) is 0 Å². The van der Waals surface area contributed by atoms with Crippen LogP contribution in [-0.4, -0.2) is 36.1 Å². The monoisotopic (exact) mass is 447 g/mol. The highest BCUT2D eigenvalue weighted by Gasteiger charge is 2.26. The molecule has 1 saturated heterocycles. The fourth-order valence-corrected chi connectivity index (χ4v) is 4.50. The summed E-state index contributed by atoms with van der Waals surface area (Å²) in [5.41, 5.74) is 2.58. The molecule has 0 aliphatic carbocycles. The Balaban J connectivity index is 0.00000104. The molecule has 1 aliphatic rings. The van der Waals surface area contributed by atoms with Gasteiger partial charge in [-0.25, -0.2) is 0 Å². The molecule has 0 unspecified atom stereocenters. The van der Waals surface area contributed by atoms with E-state index in [0.29, 0.717) is 6.04 Å². The summed E-state index contributed by atoms with van der Waals surface area (Å²) in [5, 5.41) is 6.94. The van der Waals surface area contributed by atoms with Gasteiger partial charge in [0.25, 0.3) is 0 Å². The normalized spacial score (nSPS) is 16.4. The molecule has 2 N–H and O–H groups in total. The topological polar surface area (TPSA) is 31.1 Å². The van der Waals surface area contributed by atoms with Crippen molar-refractivity contribution >= 4 is 63.0 Å². The Morgan fingerprint density at radius 1 is 1.12 bits per heavy atom. The summed E-state index contributed by atoms with van der Waals surface area (Å²) in [7, 11) is 0. The van der Waals surface area contributed by atoms with E-state index in [2.05, 4.69) is 73.0 Å². The molecule has 2 aromatic heterocycles. The van der Waals surface area contributed by atoms with Crippen LogP contribution in [0.25, 0.3) is 10.9 Å². The van der Waals surface area contributed by atoms with Crippen LogP contribution in [0.15, 0.2) is 46.4 Å². The smallest absolute Gasteiger partial charge is 0.0717 e. The molecule has 3 nitrogen and oxygen atoms in total. The summed E-state index contributed by atoms with van der Waals surface area (Å²) >= 11 is 5.46. The van der Waals surface area contributed by atoms with Gasteiger partial charge in [-0.1, -0.05) is 22.0 Å². The standard InChI is InChI=1S/C17H18BrN3S.2ClH/c18-12-3-4-15-13(10-12)14(11-20-15)17(16-2-1-9-22-16)21-7-5-19-6-8-21;;/h1-4,9-11,17,19-20H,5-8H2;2*1H/t17-;;/m1../s1. The Hall–Kier alpha value is -0.560. The third kappa shape index (κ3) is 3.82. The molecular formula is C17H20BrCl2N3S. The molecule has 0 spiro atoms. The Kier molecular flexibility index (Phi) is 7.16. The minimum Gasteiger partial charge on any atom is -0.361 e. The van der Waals surface area contributed by atoms with Crippen molar-refractivity contribution in [3.63, 3.8) is 0 Å². The number of H-pyrrole nitrogens is 1. The van der Waals surface area contributed by atoms with Crippen LogP contribution in [0.4, 0.5) is 0 Å². The summed E-state index contributed by atoms with van der Waals surface area (Å²) in [6, 6.07) is 11.2. The highest BCUT2D eigenvalue weighted by atomic mass is 79.9. The molecule has 3 aromatic rings. The van der Waals surface area contributed by atoms with Crippen molar-refractivity contribution in [2.45, 2.75) is 6.04 Å². The predicted octanol–water partition coefficient (Wildman–Crippen LogP) is 4.83. The van der Waals surface area contributed by atoms with Crippen molar-refractivity contribution < 1.29 is 0 Å². The van der Waals surface area contributed by atoms with Crippen LogP contribution in [0.2, 0.25) is 0 Å². The van der Waals surface area contributed by atoms with Gasteiger partial charge in [-0.15, -0.1) is 36.2 Å². The van der Waals surface area contributed by atoms with Gasteiger partial charge in [0.1, 0.15) is 0 Å². The lowest BCUT2D eigenvalue weighted by Crippen LogP contribution is -2.45. The minimum atomic E-state index is 0. The fraction of sp³-hybridized carbons (Fsp3) is 0.294. The molecule has 0 bridgehead atoms. The second-order valence-electron chi connectivity index (χ2n) is 5.64. The van der Waals surface area contributed by atoms with Gasteiger partial charge in [0, 0.05) is 52.6 Å². The molecule has 1 fully saturated rings. The number of aromatic nitrogens is 1. The molecular weight excluding hydrogens is 429 g/mol. The van der Waals surface area contributed by atoms with E-state index >= 15 is 0 Å². The minimum absolute atomic E-state index is 0. The number of aromatic amines is 1. The van der Waals surface area contributed by atoms with E-state index < -0.39 is 0 Å². The average Bonchev–Trinajstić information content (AvgIpc) is 3.20. The Morgan fingerprint density at radius 3 is 2.62 bits per heavy atom. The number of piperazine rings is 1. The number of hydrogen-bond acceptors (Lipinski definition) is 3. The molecule has 7 heteroatoms. The van der Waals surface area contributed by atoms with Crippen molar-refractivity contribution in [1.82, 2.24) is 15.2 Å². The SMILES string of the molecule is Brc1ccc2[nH]cc([C@H](c3cccs3)N3CCNCC3)c2c1.Cl.Cl. The third-order valence-corrected chi connectivity index (χ3v) is 5.72. The number of nitrogens with zero attached hydrogens (tertiary/aromatic N) is 1. The van der Waals surface area contributed by atoms with Gasteiger partial charge in [-0.05, 0) is 35.2 Å². The van der Waals surface area contributed by atoms with Crippen LogP contribution in [-0.2, 0) is 0 Å². The quantitative estimate of drug-likeness (QED) is 0.601. The molecule has 0 saturated carbocycles. The van der Waals surface area contributed by atoms with Gasteiger partial charge in [-0.3, -0.25) is 4.90 Å². The van der Waals surface area contributed by atoms with E-state index in [1.807, 2.05) is 11.3 Å². The number of nitrogens with one attached hydrogen (secondary N) is 2. The maximum Gasteiger partial charge on any atom is 0.0717 e. The van der Waals surface area contributed by atoms with Crippen molar-refractivity contribution in [2.75, 3.05) is 26.2 Å². The van der Waals surface area contributed by atoms with E-state index in [1.54, 1.807) is 0 Å². The second kappa shape index (κ2) is 8.70. The van der Waals surface area contributed by atoms with Crippen LogP contribution >= 0.6 is 52.1 Å². The van der Waals surface area contributed by atoms with Crippen molar-refractivity contribution in [3.8, 4) is 0 Å². The lowest BCUT2D eigenvalue weighted by molar-refractivity contribution is 0.201. The van der Waals surface area contributed by atoms with Crippen LogP contribution in [0.3, 0.4) is 0 Å². The van der Waals surface area contributed by atoms with Gasteiger partial charge >= 0.3 is 0 Å². The lowest BCUT2D eigenvalue weighted by Gasteiger charge is -2.34. The molecule has 130 valence electrons. The molecule has 1 aliphatic heterocycles. The molecule has 3 heterocycles. The van der Waals surface area contributed by atoms with E-state index in [9.17, 15) is 0 Å². The Bertz CT molecular complexity index is 769. The molecule has 0 amide bonds. The number of rotatable bonds is 3. The zero-order valence-electron chi connectivity index (χ0n) is 13.0. The molecule has 4 rings (SSSR count). The zero-order valence-corrected chi connectivity index (χ0v) is 17.0. The van der Waals surface area contributed by atoms with Crippen LogP contribution < -0.4 is 5.32 Å². The third-order valence-electron chi connectivity index (χ3n) is 4.30. The Labute approximate surface area is 166 Å². The fourth-order valence-electron chi connectivity index (χ4n) is 3.26. The Morgan fingerprint density at radius 2 is 1.92 bits per heavy atom. The molecule has 1 aromatic carbocycles. The van der Waals surface area contributed by atoms with Crippen molar-refractivity contribution in [2.24, 2.45) is 0 Å². The number of halogens is 3. The highest BCUT2D eigenvalue weighted by Crippen LogP contribution is 2.36.